The topological polar surface area (TPSA) is 0 Å². The molecule has 7 aromatic carbocycles. The molecule has 0 aliphatic rings. The molecule has 0 bridgehead atoms. The van der Waals surface area contributed by atoms with E-state index in [4.69, 9.17) is 0 Å². The Morgan fingerprint density at radius 2 is 0.368 bits per heavy atom. The smallest absolute Gasteiger partial charge is 0.0656 e. The fraction of sp³-hybridized carbons (Fsp3) is 0.176. The van der Waals surface area contributed by atoms with E-state index >= 15 is 0 Å². The highest BCUT2D eigenvalue weighted by Crippen LogP contribution is 2.56. The molecule has 7 aromatic rings. The zero-order valence-electron chi connectivity index (χ0n) is 34.5. The van der Waals surface area contributed by atoms with Crippen molar-refractivity contribution in [2.75, 3.05) is 0 Å². The van der Waals surface area contributed by atoms with E-state index < -0.39 is 24.2 Å². The van der Waals surface area contributed by atoms with Gasteiger partial charge in [-0.05, 0) is 103 Å². The Morgan fingerprint density at radius 3 is 0.509 bits per heavy atom. The summed E-state index contributed by atoms with van der Waals surface area (Å²) in [6.07, 6.45) is 0. The minimum Gasteiger partial charge on any atom is -0.0656 e. The van der Waals surface area contributed by atoms with E-state index in [0.717, 1.165) is 13.4 Å². The Hall–Kier alpha value is -3.37. The maximum atomic E-state index is 3.78. The molecule has 0 saturated carbocycles. The second-order valence-electron chi connectivity index (χ2n) is 18.3. The quantitative estimate of drug-likeness (QED) is 0.126. The minimum absolute atomic E-state index is 1.06. The van der Waals surface area contributed by atoms with E-state index in [1.54, 1.807) is 0 Å². The summed E-state index contributed by atoms with van der Waals surface area (Å²) in [5.41, 5.74) is 14.7. The van der Waals surface area contributed by atoms with E-state index in [1.807, 2.05) is 0 Å². The monoisotopic (exact) mass is 984 g/mol. The van der Waals surface area contributed by atoms with Gasteiger partial charge in [0.05, 0.1) is 24.2 Å². The molecular weight excluding hydrogens is 937 g/mol. The summed E-state index contributed by atoms with van der Waals surface area (Å²) in [4.78, 5) is 0. The average Bonchev–Trinajstić information content (AvgIpc) is 3.17. The van der Waals surface area contributed by atoms with Gasteiger partial charge in [0.1, 0.15) is 0 Å². The predicted molar refractivity (Wildman–Crippen MR) is 271 cm³/mol. The molecule has 0 aromatic heterocycles. The van der Waals surface area contributed by atoms with Crippen molar-refractivity contribution < 1.29 is 0 Å². The molecule has 0 radical (unpaired) electrons. The fourth-order valence-electron chi connectivity index (χ4n) is 7.74. The van der Waals surface area contributed by atoms with Crippen molar-refractivity contribution in [2.45, 2.75) is 58.9 Å². The van der Waals surface area contributed by atoms with Crippen molar-refractivity contribution in [1.29, 1.82) is 0 Å². The van der Waals surface area contributed by atoms with Gasteiger partial charge < -0.3 is 0 Å². The zero-order valence-corrected chi connectivity index (χ0v) is 42.2. The molecule has 0 unspecified atom stereocenters. The van der Waals surface area contributed by atoms with Gasteiger partial charge in [-0.15, -0.1) is 0 Å². The molecule has 0 spiro atoms. The van der Waals surface area contributed by atoms with Crippen LogP contribution in [0, 0.1) is 0 Å². The van der Waals surface area contributed by atoms with E-state index in [2.05, 4.69) is 252 Å². The van der Waals surface area contributed by atoms with Crippen LogP contribution in [0.2, 0.25) is 58.9 Å². The zero-order chi connectivity index (χ0) is 40.9. The van der Waals surface area contributed by atoms with Crippen molar-refractivity contribution in [3.8, 4) is 66.8 Å². The second kappa shape index (κ2) is 16.4. The molecule has 57 heavy (non-hydrogen) atoms. The Labute approximate surface area is 369 Å². The standard InChI is InChI=1S/C51H51Br3Si3/c1-55(2,3)43-28-16-37(17-29-43)49-46(34-10-22-40(52)23-11-34)50(38-18-30-44(31-19-38)56(4,5)6)48(36-14-26-42(54)27-15-36)51(47(49)35-12-24-41(53)25-13-35)39-20-32-45(33-21-39)57(7,8)9/h10-33H,1-9H3. The summed E-state index contributed by atoms with van der Waals surface area (Å²) in [6, 6.07) is 55.6. The molecule has 7 rings (SSSR count). The SMILES string of the molecule is C[Si](C)(C)c1ccc(-c2c(-c3ccc(Br)cc3)c(-c3ccc([Si](C)(C)C)cc3)c(-c3ccc(Br)cc3)c(-c3ccc([Si](C)(C)C)cc3)c2-c2ccc(Br)cc2)cc1. The van der Waals surface area contributed by atoms with Crippen molar-refractivity contribution in [1.82, 2.24) is 0 Å². The van der Waals surface area contributed by atoms with Crippen molar-refractivity contribution in [3.63, 3.8) is 0 Å². The Bertz CT molecular complexity index is 2210. The van der Waals surface area contributed by atoms with Crippen LogP contribution in [0.5, 0.6) is 0 Å². The van der Waals surface area contributed by atoms with E-state index in [-0.39, 0.29) is 0 Å². The average molecular weight is 988 g/mol. The number of hydrogen-bond donors (Lipinski definition) is 0. The Morgan fingerprint density at radius 1 is 0.228 bits per heavy atom. The summed E-state index contributed by atoms with van der Waals surface area (Å²) in [6.45, 7) is 21.9. The number of benzene rings is 7. The van der Waals surface area contributed by atoms with Crippen LogP contribution in [0.4, 0.5) is 0 Å². The number of hydrogen-bond acceptors (Lipinski definition) is 0. The molecule has 0 nitrogen and oxygen atoms in total. The first-order valence-electron chi connectivity index (χ1n) is 19.7. The lowest BCUT2D eigenvalue weighted by Crippen LogP contribution is -2.37. The Kier molecular flexibility index (Phi) is 12.0. The molecule has 0 aliphatic carbocycles. The maximum absolute atomic E-state index is 3.78. The fourth-order valence-corrected chi connectivity index (χ4v) is 12.0. The second-order valence-corrected chi connectivity index (χ2v) is 36.2. The first-order valence-corrected chi connectivity index (χ1v) is 32.6. The van der Waals surface area contributed by atoms with Gasteiger partial charge in [0.25, 0.3) is 0 Å². The third-order valence-corrected chi connectivity index (χ3v) is 18.8. The van der Waals surface area contributed by atoms with Crippen LogP contribution in [0.1, 0.15) is 0 Å². The molecule has 0 saturated heterocycles. The lowest BCUT2D eigenvalue weighted by molar-refractivity contribution is 1.51. The molecule has 288 valence electrons. The van der Waals surface area contributed by atoms with E-state index in [0.29, 0.717) is 0 Å². The summed E-state index contributed by atoms with van der Waals surface area (Å²) in [5.74, 6) is 0. The summed E-state index contributed by atoms with van der Waals surface area (Å²) in [7, 11) is -4.68. The molecule has 0 aliphatic heterocycles. The lowest BCUT2D eigenvalue weighted by Gasteiger charge is -2.29. The van der Waals surface area contributed by atoms with Crippen LogP contribution in [-0.2, 0) is 0 Å². The van der Waals surface area contributed by atoms with Crippen molar-refractivity contribution >= 4 is 87.6 Å². The first kappa shape index (κ1) is 41.8. The summed E-state index contributed by atoms with van der Waals surface area (Å²) in [5, 5.41) is 4.37. The van der Waals surface area contributed by atoms with Gasteiger partial charge in [0.2, 0.25) is 0 Å². The van der Waals surface area contributed by atoms with E-state index in [9.17, 15) is 0 Å². The van der Waals surface area contributed by atoms with Crippen LogP contribution < -0.4 is 15.6 Å². The van der Waals surface area contributed by atoms with Gasteiger partial charge in [-0.2, -0.15) is 0 Å². The minimum atomic E-state index is -1.56. The molecule has 0 amide bonds. The first-order chi connectivity index (χ1) is 26.9. The highest BCUT2D eigenvalue weighted by atomic mass is 79.9. The largest absolute Gasteiger partial charge is 0.0775 e. The maximum Gasteiger partial charge on any atom is 0.0775 e. The van der Waals surface area contributed by atoms with Crippen LogP contribution in [-0.4, -0.2) is 24.2 Å². The van der Waals surface area contributed by atoms with Crippen LogP contribution in [0.3, 0.4) is 0 Å². The molecular formula is C51H51Br3Si3. The predicted octanol–water partition coefficient (Wildman–Crippen LogP) is 15.6. The Balaban J connectivity index is 1.78. The molecule has 0 fully saturated rings. The van der Waals surface area contributed by atoms with Gasteiger partial charge in [0, 0.05) is 13.4 Å². The molecule has 0 atom stereocenters. The highest BCUT2D eigenvalue weighted by molar-refractivity contribution is 9.11. The van der Waals surface area contributed by atoms with Crippen molar-refractivity contribution in [3.05, 3.63) is 159 Å². The van der Waals surface area contributed by atoms with Crippen LogP contribution >= 0.6 is 47.8 Å². The molecule has 0 N–H and O–H groups in total. The summed E-state index contributed by atoms with van der Waals surface area (Å²) >= 11 is 11.3. The number of halogens is 3. The van der Waals surface area contributed by atoms with Gasteiger partial charge >= 0.3 is 0 Å². The summed E-state index contributed by atoms with van der Waals surface area (Å²) < 4.78 is 3.19. The highest BCUT2D eigenvalue weighted by Gasteiger charge is 2.30. The van der Waals surface area contributed by atoms with Gasteiger partial charge in [0.15, 0.2) is 0 Å². The molecule has 0 heterocycles. The third kappa shape index (κ3) is 8.97. The van der Waals surface area contributed by atoms with E-state index in [1.165, 1.54) is 82.3 Å². The third-order valence-electron chi connectivity index (χ3n) is 11.0. The normalized spacial score (nSPS) is 12.2. The lowest BCUT2D eigenvalue weighted by atomic mass is 9.74. The molecule has 6 heteroatoms. The van der Waals surface area contributed by atoms with Crippen LogP contribution in [0.25, 0.3) is 66.8 Å². The van der Waals surface area contributed by atoms with Gasteiger partial charge in [-0.1, -0.05) is 231 Å². The number of rotatable bonds is 9. The van der Waals surface area contributed by atoms with Crippen molar-refractivity contribution in [2.24, 2.45) is 0 Å². The van der Waals surface area contributed by atoms with Crippen LogP contribution in [0.15, 0.2) is 159 Å². The van der Waals surface area contributed by atoms with Gasteiger partial charge in [-0.25, -0.2) is 0 Å². The van der Waals surface area contributed by atoms with Gasteiger partial charge in [-0.3, -0.25) is 0 Å².